The first kappa shape index (κ1) is 17.9. The highest BCUT2D eigenvalue weighted by Crippen LogP contribution is 2.24. The van der Waals surface area contributed by atoms with E-state index >= 15 is 0 Å². The van der Waals surface area contributed by atoms with Gasteiger partial charge in [-0.1, -0.05) is 24.3 Å². The van der Waals surface area contributed by atoms with Crippen LogP contribution in [0.2, 0.25) is 0 Å². The van der Waals surface area contributed by atoms with Crippen molar-refractivity contribution in [3.8, 4) is 0 Å². The lowest BCUT2D eigenvalue weighted by Gasteiger charge is -2.20. The molecule has 1 unspecified atom stereocenters. The van der Waals surface area contributed by atoms with Crippen LogP contribution in [0.3, 0.4) is 0 Å². The van der Waals surface area contributed by atoms with Crippen LogP contribution in [-0.4, -0.2) is 21.1 Å². The molecule has 3 aromatic rings. The lowest BCUT2D eigenvalue weighted by atomic mass is 9.96. The number of aromatic nitrogens is 3. The molecular weight excluding hydrogens is 324 g/mol. The molecule has 0 bridgehead atoms. The van der Waals surface area contributed by atoms with E-state index in [1.165, 1.54) is 11.1 Å². The second-order valence-corrected chi connectivity index (χ2v) is 6.59. The number of carbonyl (C=O) groups excluding carboxylic acids is 1. The monoisotopic (exact) mass is 348 g/mol. The molecule has 0 saturated heterocycles. The largest absolute Gasteiger partial charge is 0.345 e. The van der Waals surface area contributed by atoms with Gasteiger partial charge in [0.05, 0.1) is 12.2 Å². The Morgan fingerprint density at radius 1 is 1.15 bits per heavy atom. The van der Waals surface area contributed by atoms with Gasteiger partial charge in [0, 0.05) is 25.0 Å². The Morgan fingerprint density at radius 3 is 2.73 bits per heavy atom. The van der Waals surface area contributed by atoms with Gasteiger partial charge in [-0.3, -0.25) is 14.9 Å². The maximum Gasteiger partial charge on any atom is 0.220 e. The minimum atomic E-state index is -0.190. The van der Waals surface area contributed by atoms with Crippen molar-refractivity contribution in [3.05, 3.63) is 82.9 Å². The molecule has 0 fully saturated rings. The Kier molecular flexibility index (Phi) is 5.79. The predicted octanol–water partition coefficient (Wildman–Crippen LogP) is 3.65. The number of aromatic amines is 1. The fourth-order valence-electron chi connectivity index (χ4n) is 2.95. The zero-order valence-corrected chi connectivity index (χ0v) is 15.2. The van der Waals surface area contributed by atoms with Gasteiger partial charge in [-0.15, -0.1) is 0 Å². The molecule has 5 heteroatoms. The van der Waals surface area contributed by atoms with Crippen molar-refractivity contribution in [2.45, 2.75) is 39.2 Å². The van der Waals surface area contributed by atoms with Crippen molar-refractivity contribution in [3.63, 3.8) is 0 Å². The molecule has 2 heterocycles. The third-order valence-electron chi connectivity index (χ3n) is 4.61. The first-order valence-corrected chi connectivity index (χ1v) is 8.87. The van der Waals surface area contributed by atoms with E-state index in [1.807, 2.05) is 24.5 Å². The fraction of sp³-hybridized carbons (Fsp3) is 0.286. The normalized spacial score (nSPS) is 11.9. The molecular formula is C21H24N4O. The highest BCUT2D eigenvalue weighted by molar-refractivity contribution is 5.77. The Hall–Kier alpha value is -2.95. The molecule has 2 N–H and O–H groups in total. The van der Waals surface area contributed by atoms with Crippen molar-refractivity contribution >= 4 is 5.91 Å². The molecule has 2 aromatic heterocycles. The van der Waals surface area contributed by atoms with E-state index < -0.39 is 0 Å². The third kappa shape index (κ3) is 4.57. The van der Waals surface area contributed by atoms with Gasteiger partial charge in [0.25, 0.3) is 0 Å². The van der Waals surface area contributed by atoms with Gasteiger partial charge in [-0.25, -0.2) is 0 Å². The number of pyridine rings is 1. The van der Waals surface area contributed by atoms with Crippen molar-refractivity contribution in [1.29, 1.82) is 0 Å². The minimum absolute atomic E-state index is 0.0422. The first-order chi connectivity index (χ1) is 12.6. The van der Waals surface area contributed by atoms with E-state index in [2.05, 4.69) is 52.5 Å². The molecule has 134 valence electrons. The molecule has 0 spiro atoms. The van der Waals surface area contributed by atoms with E-state index in [9.17, 15) is 4.79 Å². The van der Waals surface area contributed by atoms with Crippen LogP contribution < -0.4 is 5.32 Å². The molecule has 1 atom stereocenters. The maximum absolute atomic E-state index is 12.5. The van der Waals surface area contributed by atoms with Crippen LogP contribution in [0.4, 0.5) is 0 Å². The SMILES string of the molecule is Cc1ccc(C(NC(=O)CCCc2cn[nH]c2)c2cccnc2)cc1C. The Balaban J connectivity index is 1.71. The first-order valence-electron chi connectivity index (χ1n) is 8.87. The number of hydrogen-bond donors (Lipinski definition) is 2. The second-order valence-electron chi connectivity index (χ2n) is 6.59. The van der Waals surface area contributed by atoms with Crippen LogP contribution in [0.15, 0.2) is 55.1 Å². The summed E-state index contributed by atoms with van der Waals surface area (Å²) in [4.78, 5) is 16.7. The van der Waals surface area contributed by atoms with E-state index in [0.29, 0.717) is 6.42 Å². The number of amides is 1. The van der Waals surface area contributed by atoms with E-state index in [4.69, 9.17) is 0 Å². The Bertz CT molecular complexity index is 844. The number of hydrogen-bond acceptors (Lipinski definition) is 3. The van der Waals surface area contributed by atoms with Gasteiger partial charge in [-0.2, -0.15) is 5.10 Å². The van der Waals surface area contributed by atoms with Crippen LogP contribution in [0.5, 0.6) is 0 Å². The number of aryl methyl sites for hydroxylation is 3. The number of nitrogens with zero attached hydrogens (tertiary/aromatic N) is 2. The smallest absolute Gasteiger partial charge is 0.220 e. The summed E-state index contributed by atoms with van der Waals surface area (Å²) < 4.78 is 0. The van der Waals surface area contributed by atoms with Crippen molar-refractivity contribution < 1.29 is 4.79 Å². The molecule has 3 rings (SSSR count). The van der Waals surface area contributed by atoms with Crippen LogP contribution in [0, 0.1) is 13.8 Å². The number of H-pyrrole nitrogens is 1. The van der Waals surface area contributed by atoms with Gasteiger partial charge < -0.3 is 5.32 Å². The molecule has 26 heavy (non-hydrogen) atoms. The quantitative estimate of drug-likeness (QED) is 0.685. The fourth-order valence-corrected chi connectivity index (χ4v) is 2.95. The zero-order chi connectivity index (χ0) is 18.4. The summed E-state index contributed by atoms with van der Waals surface area (Å²) in [6.45, 7) is 4.18. The molecule has 0 aliphatic rings. The summed E-state index contributed by atoms with van der Waals surface area (Å²) in [5.74, 6) is 0.0422. The average Bonchev–Trinajstić information content (AvgIpc) is 3.16. The van der Waals surface area contributed by atoms with Crippen LogP contribution in [0.1, 0.15) is 46.7 Å². The van der Waals surface area contributed by atoms with Crippen molar-refractivity contribution in [2.75, 3.05) is 0 Å². The third-order valence-corrected chi connectivity index (χ3v) is 4.61. The van der Waals surface area contributed by atoms with Gasteiger partial charge in [0.2, 0.25) is 5.91 Å². The van der Waals surface area contributed by atoms with Gasteiger partial charge in [-0.05, 0) is 60.6 Å². The molecule has 0 aliphatic heterocycles. The van der Waals surface area contributed by atoms with E-state index in [0.717, 1.165) is 29.5 Å². The molecule has 0 saturated carbocycles. The van der Waals surface area contributed by atoms with Crippen LogP contribution in [0.25, 0.3) is 0 Å². The molecule has 1 aromatic carbocycles. The lowest BCUT2D eigenvalue weighted by Crippen LogP contribution is -2.29. The summed E-state index contributed by atoms with van der Waals surface area (Å²) in [6, 6.07) is 10.0. The topological polar surface area (TPSA) is 70.7 Å². The number of nitrogens with one attached hydrogen (secondary N) is 2. The summed E-state index contributed by atoms with van der Waals surface area (Å²) >= 11 is 0. The molecule has 5 nitrogen and oxygen atoms in total. The van der Waals surface area contributed by atoms with Crippen LogP contribution in [-0.2, 0) is 11.2 Å². The number of benzene rings is 1. The minimum Gasteiger partial charge on any atom is -0.345 e. The van der Waals surface area contributed by atoms with Crippen LogP contribution >= 0.6 is 0 Å². The zero-order valence-electron chi connectivity index (χ0n) is 15.2. The highest BCUT2D eigenvalue weighted by Gasteiger charge is 2.17. The Morgan fingerprint density at radius 2 is 2.04 bits per heavy atom. The number of carbonyl (C=O) groups is 1. The molecule has 0 radical (unpaired) electrons. The summed E-state index contributed by atoms with van der Waals surface area (Å²) in [6.07, 6.45) is 9.33. The van der Waals surface area contributed by atoms with Gasteiger partial charge in [0.15, 0.2) is 0 Å². The van der Waals surface area contributed by atoms with E-state index in [-0.39, 0.29) is 11.9 Å². The average molecular weight is 348 g/mol. The Labute approximate surface area is 153 Å². The van der Waals surface area contributed by atoms with E-state index in [1.54, 1.807) is 12.4 Å². The number of rotatable bonds is 7. The summed E-state index contributed by atoms with van der Waals surface area (Å²) in [5, 5.41) is 9.90. The highest BCUT2D eigenvalue weighted by atomic mass is 16.1. The maximum atomic E-state index is 12.5. The van der Waals surface area contributed by atoms with Crippen molar-refractivity contribution in [1.82, 2.24) is 20.5 Å². The van der Waals surface area contributed by atoms with Gasteiger partial charge >= 0.3 is 0 Å². The molecule has 0 aliphatic carbocycles. The van der Waals surface area contributed by atoms with Gasteiger partial charge in [0.1, 0.15) is 0 Å². The molecule has 1 amide bonds. The second kappa shape index (κ2) is 8.43. The summed E-state index contributed by atoms with van der Waals surface area (Å²) in [5.41, 5.74) is 5.63. The summed E-state index contributed by atoms with van der Waals surface area (Å²) in [7, 11) is 0. The lowest BCUT2D eigenvalue weighted by molar-refractivity contribution is -0.121. The van der Waals surface area contributed by atoms with Crippen molar-refractivity contribution in [2.24, 2.45) is 0 Å². The predicted molar refractivity (Wildman–Crippen MR) is 102 cm³/mol. The standard InChI is InChI=1S/C21H24N4O/c1-15-8-9-18(11-16(15)2)21(19-6-4-10-22-14-19)25-20(26)7-3-5-17-12-23-24-13-17/h4,6,8-14,21H,3,5,7H2,1-2H3,(H,23,24)(H,25,26).